The van der Waals surface area contributed by atoms with Gasteiger partial charge in [-0.2, -0.15) is 5.26 Å². The van der Waals surface area contributed by atoms with Crippen LogP contribution in [0.3, 0.4) is 0 Å². The number of carbonyl (C=O) groups is 1. The summed E-state index contributed by atoms with van der Waals surface area (Å²) < 4.78 is 18.3. The molecule has 4 rings (SSSR count). The highest BCUT2D eigenvalue weighted by atomic mass is 32.1. The molecule has 0 radical (unpaired) electrons. The highest BCUT2D eigenvalue weighted by Crippen LogP contribution is 2.37. The van der Waals surface area contributed by atoms with Crippen molar-refractivity contribution in [1.29, 1.82) is 5.26 Å². The molecule has 1 aliphatic rings. The number of aromatic nitrogens is 1. The van der Waals surface area contributed by atoms with Crippen molar-refractivity contribution >= 4 is 34.8 Å². The third-order valence-electron chi connectivity index (χ3n) is 5.78. The average Bonchev–Trinajstić information content (AvgIpc) is 3.21. The van der Waals surface area contributed by atoms with Crippen LogP contribution in [0, 0.1) is 11.3 Å². The third kappa shape index (κ3) is 5.01. The van der Waals surface area contributed by atoms with E-state index in [4.69, 9.17) is 19.9 Å². The highest BCUT2D eigenvalue weighted by Gasteiger charge is 2.36. The summed E-state index contributed by atoms with van der Waals surface area (Å²) in [6.45, 7) is 6.69. The monoisotopic (exact) mass is 517 g/mol. The Bertz CT molecular complexity index is 1560. The van der Waals surface area contributed by atoms with Crippen molar-refractivity contribution in [3.63, 3.8) is 0 Å². The zero-order valence-corrected chi connectivity index (χ0v) is 21.6. The Morgan fingerprint density at radius 3 is 2.16 bits per heavy atom. The Balaban J connectivity index is 1.97. The molecule has 190 valence electrons. The molecule has 3 aromatic rings. The predicted molar refractivity (Wildman–Crippen MR) is 142 cm³/mol. The van der Waals surface area contributed by atoms with Gasteiger partial charge in [0.2, 0.25) is 0 Å². The van der Waals surface area contributed by atoms with Gasteiger partial charge in [0, 0.05) is 0 Å². The molecule has 0 amide bonds. The largest absolute Gasteiger partial charge is 0.494 e. The minimum absolute atomic E-state index is 0.00275. The number of ether oxygens (including phenoxy) is 3. The molecule has 0 unspecified atom stereocenters. The van der Waals surface area contributed by atoms with E-state index in [0.29, 0.717) is 33.7 Å². The van der Waals surface area contributed by atoms with E-state index in [1.54, 1.807) is 37.3 Å². The third-order valence-corrected chi connectivity index (χ3v) is 6.89. The Hall–Kier alpha value is -4.29. The maximum Gasteiger partial charge on any atom is 0.338 e. The number of thiazole rings is 1. The average molecular weight is 518 g/mol. The Kier molecular flexibility index (Phi) is 7.80. The summed E-state index contributed by atoms with van der Waals surface area (Å²) in [5.41, 5.74) is 7.75. The summed E-state index contributed by atoms with van der Waals surface area (Å²) in [6, 6.07) is 16.6. The van der Waals surface area contributed by atoms with Crippen LogP contribution in [0.2, 0.25) is 0 Å². The number of carbonyl (C=O) groups excluding carboxylic acids is 1. The molecule has 0 saturated heterocycles. The first kappa shape index (κ1) is 25.8. The summed E-state index contributed by atoms with van der Waals surface area (Å²) >= 11 is 1.14. The van der Waals surface area contributed by atoms with E-state index in [2.05, 4.69) is 6.07 Å². The maximum atomic E-state index is 13.5. The summed E-state index contributed by atoms with van der Waals surface area (Å²) in [6.07, 6.45) is 1.72. The fourth-order valence-electron chi connectivity index (χ4n) is 4.19. The normalized spacial score (nSPS) is 15.2. The van der Waals surface area contributed by atoms with Crippen LogP contribution in [0.15, 0.2) is 58.9 Å². The molecule has 1 aliphatic heterocycles. The van der Waals surface area contributed by atoms with Crippen LogP contribution in [-0.4, -0.2) is 30.4 Å². The number of esters is 1. The van der Waals surface area contributed by atoms with Crippen molar-refractivity contribution < 1.29 is 19.0 Å². The summed E-state index contributed by atoms with van der Waals surface area (Å²) in [5, 5.41) is 10.1. The van der Waals surface area contributed by atoms with Gasteiger partial charge in [0.15, 0.2) is 0 Å². The quantitative estimate of drug-likeness (QED) is 0.457. The first-order valence-corrected chi connectivity index (χ1v) is 12.8. The summed E-state index contributed by atoms with van der Waals surface area (Å²) in [5.74, 6) is -0.0170. The van der Waals surface area contributed by atoms with E-state index in [1.165, 1.54) is 4.57 Å². The van der Waals surface area contributed by atoms with Crippen molar-refractivity contribution in [3.05, 3.63) is 84.8 Å². The van der Waals surface area contributed by atoms with E-state index < -0.39 is 17.4 Å². The van der Waals surface area contributed by atoms with E-state index in [-0.39, 0.29) is 23.6 Å². The van der Waals surface area contributed by atoms with Crippen LogP contribution >= 0.6 is 11.3 Å². The molecule has 1 atom stereocenters. The van der Waals surface area contributed by atoms with Gasteiger partial charge in [0.25, 0.3) is 5.56 Å². The first-order chi connectivity index (χ1) is 17.9. The fraction of sp³-hybridized carbons (Fsp3) is 0.250. The zero-order chi connectivity index (χ0) is 26.5. The van der Waals surface area contributed by atoms with Crippen molar-refractivity contribution in [1.82, 2.24) is 4.57 Å². The second-order valence-corrected chi connectivity index (χ2v) is 9.07. The smallest absolute Gasteiger partial charge is 0.338 e. The number of nitriles is 1. The number of nitrogens with zero attached hydrogens (tertiary/aromatic N) is 2. The molecule has 0 saturated carbocycles. The molecule has 0 fully saturated rings. The van der Waals surface area contributed by atoms with Crippen molar-refractivity contribution in [2.45, 2.75) is 26.7 Å². The van der Waals surface area contributed by atoms with Gasteiger partial charge in [-0.3, -0.25) is 9.36 Å². The lowest BCUT2D eigenvalue weighted by atomic mass is 9.84. The minimum Gasteiger partial charge on any atom is -0.494 e. The van der Waals surface area contributed by atoms with Crippen molar-refractivity contribution in [3.8, 4) is 17.6 Å². The van der Waals surface area contributed by atoms with E-state index in [0.717, 1.165) is 22.6 Å². The topological polar surface area (TPSA) is 117 Å². The van der Waals surface area contributed by atoms with Gasteiger partial charge in [-0.1, -0.05) is 24.3 Å². The minimum atomic E-state index is -0.795. The highest BCUT2D eigenvalue weighted by molar-refractivity contribution is 7.07. The first-order valence-electron chi connectivity index (χ1n) is 11.9. The van der Waals surface area contributed by atoms with Gasteiger partial charge >= 0.3 is 5.97 Å². The van der Waals surface area contributed by atoms with Crippen LogP contribution < -0.4 is 30.0 Å². The van der Waals surface area contributed by atoms with Crippen LogP contribution in [0.4, 0.5) is 0 Å². The number of nitrogens with two attached hydrogens (primary N) is 1. The standard InChI is InChI=1S/C28H27N3O5S/c1-4-34-19-11-7-17(8-12-19)15-22-26(32)31-25(30)21(16-29)23(18-9-13-20(14-10-18)35-5-2)24(27(31)37-22)28(33)36-6-3/h7-15,23H,4-6,30H2,1-3H3/b22-15-/t23-/m1/s1. The number of fused-ring (bicyclic) bond motifs is 1. The molecule has 2 heterocycles. The Morgan fingerprint density at radius 2 is 1.62 bits per heavy atom. The SMILES string of the molecule is CCOC(=O)C1=c2s/c(=C\c3ccc(OCC)cc3)c(=O)n2C(N)=C(C#N)[C@H]1c1ccc(OCC)cc1. The maximum absolute atomic E-state index is 13.5. The molecule has 8 nitrogen and oxygen atoms in total. The molecule has 0 spiro atoms. The molecule has 0 bridgehead atoms. The number of allylic oxidation sites excluding steroid dienone is 1. The predicted octanol–water partition coefficient (Wildman–Crippen LogP) is 2.70. The van der Waals surface area contributed by atoms with Gasteiger partial charge in [-0.25, -0.2) is 4.79 Å². The van der Waals surface area contributed by atoms with Gasteiger partial charge in [0.05, 0.1) is 47.5 Å². The lowest BCUT2D eigenvalue weighted by Crippen LogP contribution is -2.40. The van der Waals surface area contributed by atoms with Crippen LogP contribution in [-0.2, 0) is 9.53 Å². The molecular formula is C28H27N3O5S. The molecule has 1 aromatic heterocycles. The number of hydrogen-bond donors (Lipinski definition) is 1. The molecule has 2 aromatic carbocycles. The molecule has 2 N–H and O–H groups in total. The van der Waals surface area contributed by atoms with E-state index in [9.17, 15) is 14.9 Å². The molecule has 9 heteroatoms. The lowest BCUT2D eigenvalue weighted by molar-refractivity contribution is -0.136. The Labute approximate surface area is 218 Å². The number of rotatable bonds is 8. The second kappa shape index (κ2) is 11.2. The fourth-order valence-corrected chi connectivity index (χ4v) is 5.35. The zero-order valence-electron chi connectivity index (χ0n) is 20.8. The lowest BCUT2D eigenvalue weighted by Gasteiger charge is -2.24. The number of benzene rings is 2. The molecule has 0 aliphatic carbocycles. The number of hydrogen-bond acceptors (Lipinski definition) is 8. The van der Waals surface area contributed by atoms with Gasteiger partial charge in [-0.05, 0) is 62.2 Å². The van der Waals surface area contributed by atoms with Gasteiger partial charge < -0.3 is 19.9 Å². The summed E-state index contributed by atoms with van der Waals surface area (Å²) in [4.78, 5) is 26.7. The van der Waals surface area contributed by atoms with Crippen molar-refractivity contribution in [2.24, 2.45) is 5.73 Å². The van der Waals surface area contributed by atoms with Gasteiger partial charge in [-0.15, -0.1) is 11.3 Å². The van der Waals surface area contributed by atoms with E-state index >= 15 is 0 Å². The van der Waals surface area contributed by atoms with E-state index in [1.807, 2.05) is 38.1 Å². The molecule has 37 heavy (non-hydrogen) atoms. The van der Waals surface area contributed by atoms with Crippen molar-refractivity contribution in [2.75, 3.05) is 19.8 Å². The van der Waals surface area contributed by atoms with Crippen LogP contribution in [0.5, 0.6) is 11.5 Å². The molecular weight excluding hydrogens is 490 g/mol. The van der Waals surface area contributed by atoms with Crippen LogP contribution in [0.1, 0.15) is 37.8 Å². The Morgan fingerprint density at radius 1 is 1.03 bits per heavy atom. The summed E-state index contributed by atoms with van der Waals surface area (Å²) in [7, 11) is 0. The second-order valence-electron chi connectivity index (χ2n) is 8.04. The van der Waals surface area contributed by atoms with Crippen LogP contribution in [0.25, 0.3) is 17.5 Å². The van der Waals surface area contributed by atoms with Gasteiger partial charge in [0.1, 0.15) is 22.0 Å².